The predicted molar refractivity (Wildman–Crippen MR) is 137 cm³/mol. The lowest BCUT2D eigenvalue weighted by atomic mass is 9.86. The third-order valence-electron chi connectivity index (χ3n) is 5.89. The molecule has 3 heterocycles. The van der Waals surface area contributed by atoms with E-state index in [1.165, 1.54) is 32.9 Å². The molecule has 9 heteroatoms. The molecule has 1 aliphatic rings. The fraction of sp³-hybridized carbons (Fsp3) is 0.481. The third kappa shape index (κ3) is 5.40. The summed E-state index contributed by atoms with van der Waals surface area (Å²) in [6.07, 6.45) is -2.35. The molecule has 0 N–H and O–H groups in total. The average Bonchev–Trinajstić information content (AvgIpc) is 3.37. The van der Waals surface area contributed by atoms with Gasteiger partial charge in [0.25, 0.3) is 0 Å². The van der Waals surface area contributed by atoms with Crippen molar-refractivity contribution in [3.05, 3.63) is 46.4 Å². The van der Waals surface area contributed by atoms with Crippen molar-refractivity contribution in [2.24, 2.45) is 0 Å². The summed E-state index contributed by atoms with van der Waals surface area (Å²) in [6, 6.07) is 5.96. The molecule has 0 spiro atoms. The highest BCUT2D eigenvalue weighted by atomic mass is 32.1. The Labute approximate surface area is 213 Å². The number of halogens is 2. The quantitative estimate of drug-likeness (QED) is 0.356. The number of likely N-dealkylation sites (tertiary alicyclic amines) is 1. The maximum atomic E-state index is 15.6. The standard InChI is InChI=1S/C27H32F2N2O4S/c1-26(2,3)34-24(32)30-11-9-20(29)19(14-30)22-18-8-7-17(28)13-21(18)31(25(33)35-27(4,5)6)23(22)16-10-12-36-15-16/h7-8,10,12-13,15,19-20H,9,11,14H2,1-6H3/t19-,20-/m1/s1. The molecule has 2 aromatic heterocycles. The van der Waals surface area contributed by atoms with Crippen LogP contribution in [0.25, 0.3) is 22.2 Å². The van der Waals surface area contributed by atoms with Crippen LogP contribution in [0.2, 0.25) is 0 Å². The van der Waals surface area contributed by atoms with Crippen molar-refractivity contribution in [1.29, 1.82) is 0 Å². The van der Waals surface area contributed by atoms with E-state index >= 15 is 4.39 Å². The topological polar surface area (TPSA) is 60.8 Å². The Morgan fingerprint density at radius 2 is 1.69 bits per heavy atom. The fourth-order valence-corrected chi connectivity index (χ4v) is 5.17. The van der Waals surface area contributed by atoms with Crippen molar-refractivity contribution in [2.75, 3.05) is 13.1 Å². The second-order valence-corrected chi connectivity index (χ2v) is 11.9. The number of ether oxygens (including phenoxy) is 2. The Morgan fingerprint density at radius 1 is 1.03 bits per heavy atom. The number of carbonyl (C=O) groups is 2. The first-order chi connectivity index (χ1) is 16.7. The van der Waals surface area contributed by atoms with Gasteiger partial charge in [-0.1, -0.05) is 0 Å². The maximum Gasteiger partial charge on any atom is 0.419 e. The number of aromatic nitrogens is 1. The molecule has 1 saturated heterocycles. The molecular weight excluding hydrogens is 486 g/mol. The number of carbonyl (C=O) groups excluding carboxylic acids is 2. The van der Waals surface area contributed by atoms with Gasteiger partial charge in [-0.2, -0.15) is 11.3 Å². The molecule has 1 aromatic carbocycles. The summed E-state index contributed by atoms with van der Waals surface area (Å²) >= 11 is 1.43. The lowest BCUT2D eigenvalue weighted by molar-refractivity contribution is 0.0135. The summed E-state index contributed by atoms with van der Waals surface area (Å²) in [6.45, 7) is 10.9. The Bertz CT molecular complexity index is 1270. The number of nitrogens with zero attached hydrogens (tertiary/aromatic N) is 2. The van der Waals surface area contributed by atoms with E-state index in [1.807, 2.05) is 16.8 Å². The van der Waals surface area contributed by atoms with Crippen LogP contribution >= 0.6 is 11.3 Å². The fourth-order valence-electron chi connectivity index (χ4n) is 4.53. The summed E-state index contributed by atoms with van der Waals surface area (Å²) in [4.78, 5) is 27.8. The van der Waals surface area contributed by atoms with Gasteiger partial charge >= 0.3 is 12.2 Å². The number of thiophene rings is 1. The minimum Gasteiger partial charge on any atom is -0.444 e. The van der Waals surface area contributed by atoms with Crippen molar-refractivity contribution >= 4 is 34.4 Å². The van der Waals surface area contributed by atoms with E-state index in [0.717, 1.165) is 0 Å². The first-order valence-electron chi connectivity index (χ1n) is 12.0. The van der Waals surface area contributed by atoms with E-state index in [9.17, 15) is 14.0 Å². The monoisotopic (exact) mass is 518 g/mol. The van der Waals surface area contributed by atoms with Gasteiger partial charge < -0.3 is 14.4 Å². The first kappa shape index (κ1) is 26.1. The molecule has 0 unspecified atom stereocenters. The number of hydrogen-bond donors (Lipinski definition) is 0. The lowest BCUT2D eigenvalue weighted by Gasteiger charge is -2.36. The molecule has 1 amide bonds. The van der Waals surface area contributed by atoms with Crippen molar-refractivity contribution in [3.63, 3.8) is 0 Å². The van der Waals surface area contributed by atoms with E-state index in [2.05, 4.69) is 0 Å². The van der Waals surface area contributed by atoms with Crippen LogP contribution in [0.3, 0.4) is 0 Å². The van der Waals surface area contributed by atoms with E-state index in [0.29, 0.717) is 27.7 Å². The van der Waals surface area contributed by atoms with Crippen molar-refractivity contribution in [3.8, 4) is 11.3 Å². The van der Waals surface area contributed by atoms with Gasteiger partial charge in [-0.25, -0.2) is 22.9 Å². The summed E-state index contributed by atoms with van der Waals surface area (Å²) in [7, 11) is 0. The number of benzene rings is 1. The summed E-state index contributed by atoms with van der Waals surface area (Å²) < 4.78 is 42.6. The molecule has 0 radical (unpaired) electrons. The highest BCUT2D eigenvalue weighted by Gasteiger charge is 2.39. The lowest BCUT2D eigenvalue weighted by Crippen LogP contribution is -2.45. The minimum absolute atomic E-state index is 0.0675. The number of alkyl halides is 1. The van der Waals surface area contributed by atoms with Crippen LogP contribution in [-0.4, -0.2) is 52.1 Å². The Morgan fingerprint density at radius 3 is 2.31 bits per heavy atom. The van der Waals surface area contributed by atoms with Crippen LogP contribution in [0.5, 0.6) is 0 Å². The highest BCUT2D eigenvalue weighted by Crippen LogP contribution is 2.44. The average molecular weight is 519 g/mol. The second kappa shape index (κ2) is 9.50. The van der Waals surface area contributed by atoms with Crippen LogP contribution in [0.1, 0.15) is 59.4 Å². The SMILES string of the molecule is CC(C)(C)OC(=O)N1CC[C@@H](F)[C@H](c2c(-c3ccsc3)n(C(=O)OC(C)(C)C)c3cc(F)ccc23)C1. The molecular formula is C27H32F2N2O4S. The number of amides is 1. The van der Waals surface area contributed by atoms with E-state index < -0.39 is 41.3 Å². The Hall–Kier alpha value is -2.94. The van der Waals surface area contributed by atoms with Gasteiger partial charge in [-0.15, -0.1) is 0 Å². The van der Waals surface area contributed by atoms with Crippen molar-refractivity contribution in [1.82, 2.24) is 9.47 Å². The molecule has 194 valence electrons. The first-order valence-corrected chi connectivity index (χ1v) is 12.9. The van der Waals surface area contributed by atoms with Crippen LogP contribution in [0.15, 0.2) is 35.0 Å². The zero-order valence-corrected chi connectivity index (χ0v) is 22.2. The summed E-state index contributed by atoms with van der Waals surface area (Å²) in [5.74, 6) is -1.28. The van der Waals surface area contributed by atoms with Gasteiger partial charge in [-0.3, -0.25) is 0 Å². The molecule has 3 aromatic rings. The molecule has 6 nitrogen and oxygen atoms in total. The highest BCUT2D eigenvalue weighted by molar-refractivity contribution is 7.08. The number of fused-ring (bicyclic) bond motifs is 1. The van der Waals surface area contributed by atoms with Gasteiger partial charge in [0.15, 0.2) is 0 Å². The van der Waals surface area contributed by atoms with Gasteiger partial charge in [0.2, 0.25) is 0 Å². The van der Waals surface area contributed by atoms with Crippen LogP contribution in [0.4, 0.5) is 18.4 Å². The van der Waals surface area contributed by atoms with Gasteiger partial charge in [0.05, 0.1) is 11.2 Å². The molecule has 4 rings (SSSR count). The van der Waals surface area contributed by atoms with Gasteiger partial charge in [-0.05, 0) is 83.2 Å². The normalized spacial score (nSPS) is 18.9. The molecule has 2 atom stereocenters. The van der Waals surface area contributed by atoms with E-state index in [4.69, 9.17) is 9.47 Å². The van der Waals surface area contributed by atoms with E-state index in [1.54, 1.807) is 47.6 Å². The molecule has 0 aliphatic carbocycles. The van der Waals surface area contributed by atoms with Crippen LogP contribution in [0, 0.1) is 5.82 Å². The third-order valence-corrected chi connectivity index (χ3v) is 6.57. The summed E-state index contributed by atoms with van der Waals surface area (Å²) in [5.41, 5.74) is 0.500. The largest absolute Gasteiger partial charge is 0.444 e. The smallest absolute Gasteiger partial charge is 0.419 e. The Balaban J connectivity index is 1.91. The van der Waals surface area contributed by atoms with E-state index in [-0.39, 0.29) is 19.5 Å². The number of rotatable bonds is 2. The molecule has 0 saturated carbocycles. The number of piperidine rings is 1. The summed E-state index contributed by atoms with van der Waals surface area (Å²) in [5, 5.41) is 4.26. The number of hydrogen-bond acceptors (Lipinski definition) is 5. The van der Waals surface area contributed by atoms with Crippen molar-refractivity contribution in [2.45, 2.75) is 71.3 Å². The molecule has 1 aliphatic heterocycles. The van der Waals surface area contributed by atoms with Crippen molar-refractivity contribution < 1.29 is 27.8 Å². The van der Waals surface area contributed by atoms with Crippen LogP contribution < -0.4 is 0 Å². The molecule has 36 heavy (non-hydrogen) atoms. The molecule has 1 fully saturated rings. The van der Waals surface area contributed by atoms with Crippen LogP contribution in [-0.2, 0) is 9.47 Å². The second-order valence-electron chi connectivity index (χ2n) is 11.1. The maximum absolute atomic E-state index is 15.6. The minimum atomic E-state index is -1.27. The molecule has 0 bridgehead atoms. The zero-order chi connectivity index (χ0) is 26.4. The predicted octanol–water partition coefficient (Wildman–Crippen LogP) is 7.35. The Kier molecular flexibility index (Phi) is 6.90. The zero-order valence-electron chi connectivity index (χ0n) is 21.4. The van der Waals surface area contributed by atoms with Gasteiger partial charge in [0, 0.05) is 35.3 Å². The van der Waals surface area contributed by atoms with Gasteiger partial charge in [0.1, 0.15) is 23.2 Å².